The minimum absolute atomic E-state index is 0.0923. The molecule has 2 fully saturated rings. The fraction of sp³-hybridized carbons (Fsp3) is 0.400. The Labute approximate surface area is 158 Å². The standard InChI is InChI=1S/C20H22N4O3/c1-27-17-13-22-9-5-16(17)18(25)23-10-3-6-20(14-23)7-11-24(19(20)26)15-4-2-8-21-12-15/h2,4-5,8-9,12-13H,3,6-7,10-11,14H2,1H3. The lowest BCUT2D eigenvalue weighted by Gasteiger charge is -2.39. The molecule has 1 unspecified atom stereocenters. The summed E-state index contributed by atoms with van der Waals surface area (Å²) in [5.41, 5.74) is 0.794. The number of ether oxygens (including phenoxy) is 1. The zero-order valence-corrected chi connectivity index (χ0v) is 15.3. The van der Waals surface area contributed by atoms with Crippen LogP contribution < -0.4 is 9.64 Å². The highest BCUT2D eigenvalue weighted by Gasteiger charge is 2.50. The number of methoxy groups -OCH3 is 1. The monoisotopic (exact) mass is 366 g/mol. The number of rotatable bonds is 3. The molecule has 2 saturated heterocycles. The normalized spacial score (nSPS) is 22.3. The van der Waals surface area contributed by atoms with Crippen LogP contribution in [0.15, 0.2) is 43.0 Å². The third-order valence-electron chi connectivity index (χ3n) is 5.57. The summed E-state index contributed by atoms with van der Waals surface area (Å²) in [5.74, 6) is 0.438. The summed E-state index contributed by atoms with van der Waals surface area (Å²) >= 11 is 0. The van der Waals surface area contributed by atoms with Gasteiger partial charge < -0.3 is 14.5 Å². The first-order valence-electron chi connectivity index (χ1n) is 9.14. The summed E-state index contributed by atoms with van der Waals surface area (Å²) in [4.78, 5) is 38.0. The zero-order chi connectivity index (χ0) is 18.9. The van der Waals surface area contributed by atoms with Crippen LogP contribution in [0, 0.1) is 5.41 Å². The van der Waals surface area contributed by atoms with E-state index in [0.717, 1.165) is 24.9 Å². The van der Waals surface area contributed by atoms with E-state index in [1.165, 1.54) is 13.3 Å². The zero-order valence-electron chi connectivity index (χ0n) is 15.3. The largest absolute Gasteiger partial charge is 0.494 e. The van der Waals surface area contributed by atoms with E-state index >= 15 is 0 Å². The molecular weight excluding hydrogens is 344 g/mol. The number of pyridine rings is 2. The Morgan fingerprint density at radius 2 is 2.00 bits per heavy atom. The Kier molecular flexibility index (Phi) is 4.51. The topological polar surface area (TPSA) is 75.6 Å². The van der Waals surface area contributed by atoms with Gasteiger partial charge in [-0.2, -0.15) is 0 Å². The first kappa shape index (κ1) is 17.5. The van der Waals surface area contributed by atoms with Gasteiger partial charge >= 0.3 is 0 Å². The van der Waals surface area contributed by atoms with Crippen molar-refractivity contribution in [2.75, 3.05) is 31.6 Å². The molecule has 2 amide bonds. The predicted molar refractivity (Wildman–Crippen MR) is 99.6 cm³/mol. The van der Waals surface area contributed by atoms with Crippen molar-refractivity contribution in [1.29, 1.82) is 0 Å². The molecule has 4 rings (SSSR count). The van der Waals surface area contributed by atoms with E-state index in [-0.39, 0.29) is 11.8 Å². The molecule has 2 aliphatic rings. The van der Waals surface area contributed by atoms with Gasteiger partial charge in [-0.25, -0.2) is 0 Å². The summed E-state index contributed by atoms with van der Waals surface area (Å²) in [6.45, 7) is 1.74. The Hall–Kier alpha value is -2.96. The van der Waals surface area contributed by atoms with Gasteiger partial charge in [0.25, 0.3) is 5.91 Å². The molecule has 140 valence electrons. The molecule has 2 aliphatic heterocycles. The van der Waals surface area contributed by atoms with Crippen molar-refractivity contribution in [2.24, 2.45) is 5.41 Å². The minimum Gasteiger partial charge on any atom is -0.494 e. The predicted octanol–water partition coefficient (Wildman–Crippen LogP) is 2.14. The molecule has 4 heterocycles. The molecule has 7 heteroatoms. The summed E-state index contributed by atoms with van der Waals surface area (Å²) in [7, 11) is 1.53. The number of anilines is 1. The van der Waals surface area contributed by atoms with Gasteiger partial charge in [0.15, 0.2) is 0 Å². The number of amides is 2. The average molecular weight is 366 g/mol. The lowest BCUT2D eigenvalue weighted by molar-refractivity contribution is -0.127. The maximum atomic E-state index is 13.2. The van der Waals surface area contributed by atoms with E-state index in [0.29, 0.717) is 30.9 Å². The smallest absolute Gasteiger partial charge is 0.257 e. The third kappa shape index (κ3) is 3.03. The number of hydrogen-bond donors (Lipinski definition) is 0. The molecule has 2 aromatic heterocycles. The van der Waals surface area contributed by atoms with Crippen LogP contribution in [0.5, 0.6) is 5.75 Å². The van der Waals surface area contributed by atoms with E-state index < -0.39 is 5.41 Å². The number of aromatic nitrogens is 2. The molecule has 2 aromatic rings. The van der Waals surface area contributed by atoms with Crippen molar-refractivity contribution < 1.29 is 14.3 Å². The van der Waals surface area contributed by atoms with Crippen molar-refractivity contribution in [3.8, 4) is 5.75 Å². The molecule has 27 heavy (non-hydrogen) atoms. The van der Waals surface area contributed by atoms with Crippen LogP contribution in [0.1, 0.15) is 29.6 Å². The average Bonchev–Trinajstić information content (AvgIpc) is 3.03. The lowest BCUT2D eigenvalue weighted by atomic mass is 9.78. The first-order chi connectivity index (χ1) is 13.1. The Morgan fingerprint density at radius 1 is 1.15 bits per heavy atom. The van der Waals surface area contributed by atoms with Crippen LogP contribution >= 0.6 is 0 Å². The van der Waals surface area contributed by atoms with E-state index in [4.69, 9.17) is 4.74 Å². The maximum Gasteiger partial charge on any atom is 0.257 e. The Balaban J connectivity index is 1.56. The first-order valence-corrected chi connectivity index (χ1v) is 9.14. The van der Waals surface area contributed by atoms with Crippen molar-refractivity contribution >= 4 is 17.5 Å². The van der Waals surface area contributed by atoms with Gasteiger partial charge in [0.1, 0.15) is 5.75 Å². The fourth-order valence-corrected chi connectivity index (χ4v) is 4.15. The van der Waals surface area contributed by atoms with Crippen LogP contribution in [-0.4, -0.2) is 53.4 Å². The van der Waals surface area contributed by atoms with Crippen LogP contribution in [0.25, 0.3) is 0 Å². The summed E-state index contributed by atoms with van der Waals surface area (Å²) in [6, 6.07) is 5.40. The minimum atomic E-state index is -0.510. The Bertz CT molecular complexity index is 857. The summed E-state index contributed by atoms with van der Waals surface area (Å²) in [5, 5.41) is 0. The van der Waals surface area contributed by atoms with Gasteiger partial charge in [-0.15, -0.1) is 0 Å². The van der Waals surface area contributed by atoms with Crippen molar-refractivity contribution in [3.05, 3.63) is 48.5 Å². The lowest BCUT2D eigenvalue weighted by Crippen LogP contribution is -2.50. The number of carbonyl (C=O) groups is 2. The number of likely N-dealkylation sites (tertiary alicyclic amines) is 1. The van der Waals surface area contributed by atoms with Gasteiger partial charge in [-0.1, -0.05) is 0 Å². The van der Waals surface area contributed by atoms with Crippen LogP contribution in [-0.2, 0) is 4.79 Å². The van der Waals surface area contributed by atoms with Crippen LogP contribution in [0.4, 0.5) is 5.69 Å². The molecule has 1 atom stereocenters. The molecule has 0 radical (unpaired) electrons. The van der Waals surface area contributed by atoms with E-state index in [1.807, 2.05) is 12.1 Å². The van der Waals surface area contributed by atoms with Crippen molar-refractivity contribution in [3.63, 3.8) is 0 Å². The highest BCUT2D eigenvalue weighted by Crippen LogP contribution is 2.42. The second-order valence-corrected chi connectivity index (χ2v) is 7.10. The maximum absolute atomic E-state index is 13.2. The van der Waals surface area contributed by atoms with Crippen molar-refractivity contribution in [2.45, 2.75) is 19.3 Å². The molecule has 0 aromatic carbocycles. The van der Waals surface area contributed by atoms with E-state index in [2.05, 4.69) is 9.97 Å². The molecule has 0 N–H and O–H groups in total. The highest BCUT2D eigenvalue weighted by atomic mass is 16.5. The fourth-order valence-electron chi connectivity index (χ4n) is 4.15. The van der Waals surface area contributed by atoms with Crippen LogP contribution in [0.3, 0.4) is 0 Å². The van der Waals surface area contributed by atoms with Gasteiger partial charge in [-0.05, 0) is 37.5 Å². The van der Waals surface area contributed by atoms with Crippen LogP contribution in [0.2, 0.25) is 0 Å². The summed E-state index contributed by atoms with van der Waals surface area (Å²) in [6.07, 6.45) is 8.90. The van der Waals surface area contributed by atoms with E-state index in [1.54, 1.807) is 34.5 Å². The van der Waals surface area contributed by atoms with E-state index in [9.17, 15) is 9.59 Å². The molecular formula is C20H22N4O3. The van der Waals surface area contributed by atoms with Crippen molar-refractivity contribution in [1.82, 2.24) is 14.9 Å². The molecule has 0 saturated carbocycles. The van der Waals surface area contributed by atoms with Gasteiger partial charge in [0.05, 0.1) is 36.2 Å². The molecule has 1 spiro atoms. The number of piperidine rings is 1. The molecule has 7 nitrogen and oxygen atoms in total. The SMILES string of the molecule is COc1cnccc1C(=O)N1CCCC2(CCN(c3cccnc3)C2=O)C1. The summed E-state index contributed by atoms with van der Waals surface area (Å²) < 4.78 is 5.28. The second kappa shape index (κ2) is 6.98. The van der Waals surface area contributed by atoms with Gasteiger partial charge in [0, 0.05) is 32.0 Å². The number of hydrogen-bond acceptors (Lipinski definition) is 5. The quantitative estimate of drug-likeness (QED) is 0.832. The van der Waals surface area contributed by atoms with Gasteiger partial charge in [0.2, 0.25) is 5.91 Å². The molecule has 0 bridgehead atoms. The highest BCUT2D eigenvalue weighted by molar-refractivity contribution is 6.01. The number of nitrogens with zero attached hydrogens (tertiary/aromatic N) is 4. The Morgan fingerprint density at radius 3 is 2.78 bits per heavy atom. The number of carbonyl (C=O) groups excluding carboxylic acids is 2. The second-order valence-electron chi connectivity index (χ2n) is 7.10. The third-order valence-corrected chi connectivity index (χ3v) is 5.57. The van der Waals surface area contributed by atoms with Gasteiger partial charge in [-0.3, -0.25) is 19.6 Å². The molecule has 0 aliphatic carbocycles.